The van der Waals surface area contributed by atoms with Crippen molar-refractivity contribution in [2.75, 3.05) is 13.2 Å². The summed E-state index contributed by atoms with van der Waals surface area (Å²) in [6.45, 7) is 2.84. The van der Waals surface area contributed by atoms with E-state index in [9.17, 15) is 18.0 Å². The van der Waals surface area contributed by atoms with Gasteiger partial charge in [0.1, 0.15) is 5.75 Å². The smallest absolute Gasteiger partial charge is 0.406 e. The van der Waals surface area contributed by atoms with E-state index in [2.05, 4.69) is 10.1 Å². The molecular weight excluding hydrogens is 361 g/mol. The third kappa shape index (κ3) is 6.72. The fourth-order valence-corrected chi connectivity index (χ4v) is 2.66. The number of carbonyl (C=O) groups excluding carboxylic acids is 1. The molecule has 142 valence electrons. The molecule has 1 heterocycles. The maximum absolute atomic E-state index is 12.3. The van der Waals surface area contributed by atoms with Gasteiger partial charge in [0.15, 0.2) is 0 Å². The summed E-state index contributed by atoms with van der Waals surface area (Å²) in [6.07, 6.45) is -3.31. The summed E-state index contributed by atoms with van der Waals surface area (Å²) < 4.78 is 46.0. The van der Waals surface area contributed by atoms with Crippen LogP contribution in [-0.4, -0.2) is 31.5 Å². The van der Waals surface area contributed by atoms with Crippen LogP contribution in [0.1, 0.15) is 31.4 Å². The Bertz CT molecular complexity index is 566. The average molecular weight is 383 g/mol. The number of hydrogen-bond acceptors (Lipinski definition) is 4. The number of rotatable bonds is 5. The molecule has 0 radical (unpaired) electrons. The Hall–Kier alpha value is -1.51. The van der Waals surface area contributed by atoms with Crippen molar-refractivity contribution in [2.45, 2.75) is 38.2 Å². The van der Waals surface area contributed by atoms with Crippen molar-refractivity contribution in [2.24, 2.45) is 11.7 Å². The molecule has 1 aliphatic heterocycles. The van der Waals surface area contributed by atoms with Crippen molar-refractivity contribution in [3.63, 3.8) is 0 Å². The zero-order chi connectivity index (χ0) is 17.7. The van der Waals surface area contributed by atoms with Crippen molar-refractivity contribution in [3.05, 3.63) is 29.8 Å². The summed E-state index contributed by atoms with van der Waals surface area (Å²) in [4.78, 5) is 12.3. The van der Waals surface area contributed by atoms with Gasteiger partial charge in [-0.15, -0.1) is 25.6 Å². The van der Waals surface area contributed by atoms with Crippen LogP contribution in [0.25, 0.3) is 0 Å². The number of amides is 1. The van der Waals surface area contributed by atoms with Gasteiger partial charge in [-0.2, -0.15) is 0 Å². The van der Waals surface area contributed by atoms with E-state index < -0.39 is 18.4 Å². The first-order valence-corrected chi connectivity index (χ1v) is 7.75. The van der Waals surface area contributed by atoms with Crippen LogP contribution in [-0.2, 0) is 9.53 Å². The zero-order valence-electron chi connectivity index (χ0n) is 13.7. The highest BCUT2D eigenvalue weighted by Gasteiger charge is 2.31. The van der Waals surface area contributed by atoms with E-state index in [0.29, 0.717) is 18.8 Å². The van der Waals surface area contributed by atoms with Gasteiger partial charge in [0.25, 0.3) is 0 Å². The van der Waals surface area contributed by atoms with Crippen molar-refractivity contribution < 1.29 is 27.4 Å². The molecule has 1 saturated heterocycles. The molecule has 1 aromatic rings. The Morgan fingerprint density at radius 1 is 1.36 bits per heavy atom. The van der Waals surface area contributed by atoms with E-state index in [1.165, 1.54) is 18.2 Å². The van der Waals surface area contributed by atoms with Crippen LogP contribution in [0, 0.1) is 5.92 Å². The second-order valence-electron chi connectivity index (χ2n) is 5.83. The number of hydrogen-bond donors (Lipinski definition) is 2. The summed E-state index contributed by atoms with van der Waals surface area (Å²) in [5.41, 5.74) is 6.49. The molecule has 5 nitrogen and oxygen atoms in total. The molecule has 0 bridgehead atoms. The fourth-order valence-electron chi connectivity index (χ4n) is 2.66. The molecule has 25 heavy (non-hydrogen) atoms. The number of nitrogens with one attached hydrogen (secondary N) is 1. The van der Waals surface area contributed by atoms with Crippen LogP contribution < -0.4 is 15.8 Å². The van der Waals surface area contributed by atoms with Gasteiger partial charge < -0.3 is 20.5 Å². The average Bonchev–Trinajstić information content (AvgIpc) is 2.53. The van der Waals surface area contributed by atoms with Gasteiger partial charge in [-0.25, -0.2) is 0 Å². The van der Waals surface area contributed by atoms with E-state index in [4.69, 9.17) is 10.5 Å². The van der Waals surface area contributed by atoms with Crippen LogP contribution in [0.3, 0.4) is 0 Å². The number of halogens is 4. The van der Waals surface area contributed by atoms with E-state index in [1.807, 2.05) is 0 Å². The maximum atomic E-state index is 12.3. The van der Waals surface area contributed by atoms with Gasteiger partial charge in [0, 0.05) is 13.2 Å². The van der Waals surface area contributed by atoms with Crippen LogP contribution in [0.2, 0.25) is 0 Å². The van der Waals surface area contributed by atoms with E-state index >= 15 is 0 Å². The molecule has 2 unspecified atom stereocenters. The molecule has 0 aromatic heterocycles. The number of nitrogens with two attached hydrogens (primary N) is 1. The Morgan fingerprint density at radius 2 is 2.00 bits per heavy atom. The normalized spacial score (nSPS) is 18.0. The minimum absolute atomic E-state index is 0. The van der Waals surface area contributed by atoms with Crippen molar-refractivity contribution >= 4 is 18.3 Å². The SMILES string of the molecule is CC(NC(=O)C(N)C1CCOCC1)c1cccc(OC(F)(F)F)c1.Cl. The first kappa shape index (κ1) is 21.5. The lowest BCUT2D eigenvalue weighted by molar-refractivity contribution is -0.274. The fraction of sp³-hybridized carbons (Fsp3) is 0.562. The molecule has 0 aliphatic carbocycles. The van der Waals surface area contributed by atoms with E-state index in [-0.39, 0.29) is 30.0 Å². The van der Waals surface area contributed by atoms with Crippen molar-refractivity contribution in [3.8, 4) is 5.75 Å². The molecule has 9 heteroatoms. The molecule has 2 atom stereocenters. The summed E-state index contributed by atoms with van der Waals surface area (Å²) in [7, 11) is 0. The number of benzene rings is 1. The predicted octanol–water partition coefficient (Wildman–Crippen LogP) is 2.94. The monoisotopic (exact) mass is 382 g/mol. The molecule has 3 N–H and O–H groups in total. The van der Waals surface area contributed by atoms with Crippen LogP contribution in [0.15, 0.2) is 24.3 Å². The highest BCUT2D eigenvalue weighted by Crippen LogP contribution is 2.26. The van der Waals surface area contributed by atoms with Crippen LogP contribution >= 0.6 is 12.4 Å². The molecule has 1 amide bonds. The lowest BCUT2D eigenvalue weighted by atomic mass is 9.91. The minimum Gasteiger partial charge on any atom is -0.406 e. The highest BCUT2D eigenvalue weighted by molar-refractivity contribution is 5.85. The summed E-state index contributed by atoms with van der Waals surface area (Å²) in [5.74, 6) is -0.600. The quantitative estimate of drug-likeness (QED) is 0.821. The van der Waals surface area contributed by atoms with E-state index in [0.717, 1.165) is 12.8 Å². The van der Waals surface area contributed by atoms with E-state index in [1.54, 1.807) is 13.0 Å². The third-order valence-electron chi connectivity index (χ3n) is 4.03. The number of carbonyl (C=O) groups is 1. The Balaban J connectivity index is 0.00000312. The molecule has 0 saturated carbocycles. The van der Waals surface area contributed by atoms with Gasteiger partial charge in [-0.05, 0) is 43.4 Å². The van der Waals surface area contributed by atoms with Gasteiger partial charge in [0.05, 0.1) is 12.1 Å². The number of ether oxygens (including phenoxy) is 2. The summed E-state index contributed by atoms with van der Waals surface area (Å²) in [6, 6.07) is 4.37. The summed E-state index contributed by atoms with van der Waals surface area (Å²) >= 11 is 0. The molecule has 1 aliphatic rings. The molecule has 0 spiro atoms. The lowest BCUT2D eigenvalue weighted by Crippen LogP contribution is -2.47. The van der Waals surface area contributed by atoms with Crippen molar-refractivity contribution in [1.29, 1.82) is 0 Å². The summed E-state index contributed by atoms with van der Waals surface area (Å²) in [5, 5.41) is 2.74. The topological polar surface area (TPSA) is 73.6 Å². The molecule has 2 rings (SSSR count). The Labute approximate surface area is 150 Å². The minimum atomic E-state index is -4.75. The molecule has 1 aromatic carbocycles. The molecule has 1 fully saturated rings. The number of alkyl halides is 3. The van der Waals surface area contributed by atoms with Gasteiger partial charge in [0.2, 0.25) is 5.91 Å². The van der Waals surface area contributed by atoms with Crippen LogP contribution in [0.5, 0.6) is 5.75 Å². The standard InChI is InChI=1S/C16H21F3N2O3.ClH/c1-10(12-3-2-4-13(9-12)24-16(17,18)19)21-15(22)14(20)11-5-7-23-8-6-11;/h2-4,9-11,14H,5-8,20H2,1H3,(H,21,22);1H. The Kier molecular flexibility index (Phi) is 7.98. The second-order valence-corrected chi connectivity index (χ2v) is 5.83. The largest absolute Gasteiger partial charge is 0.573 e. The second kappa shape index (κ2) is 9.26. The third-order valence-corrected chi connectivity index (χ3v) is 4.03. The lowest BCUT2D eigenvalue weighted by Gasteiger charge is -2.28. The van der Waals surface area contributed by atoms with Gasteiger partial charge >= 0.3 is 6.36 Å². The highest BCUT2D eigenvalue weighted by atomic mass is 35.5. The first-order valence-electron chi connectivity index (χ1n) is 7.75. The Morgan fingerprint density at radius 3 is 2.60 bits per heavy atom. The maximum Gasteiger partial charge on any atom is 0.573 e. The predicted molar refractivity (Wildman–Crippen MR) is 88.4 cm³/mol. The first-order chi connectivity index (χ1) is 11.3. The van der Waals surface area contributed by atoms with Crippen LogP contribution in [0.4, 0.5) is 13.2 Å². The van der Waals surface area contributed by atoms with Gasteiger partial charge in [-0.3, -0.25) is 4.79 Å². The van der Waals surface area contributed by atoms with Crippen molar-refractivity contribution in [1.82, 2.24) is 5.32 Å². The zero-order valence-corrected chi connectivity index (χ0v) is 14.5. The molecular formula is C16H22ClF3N2O3. The van der Waals surface area contributed by atoms with Gasteiger partial charge in [-0.1, -0.05) is 12.1 Å².